The first-order valence-corrected chi connectivity index (χ1v) is 11.3. The van der Waals surface area contributed by atoms with Crippen molar-refractivity contribution < 1.29 is 4.39 Å². The molecule has 33 heavy (non-hydrogen) atoms. The fourth-order valence-corrected chi connectivity index (χ4v) is 3.95. The second-order valence-electron chi connectivity index (χ2n) is 7.58. The van der Waals surface area contributed by atoms with Crippen LogP contribution in [0.1, 0.15) is 22.5 Å². The Morgan fingerprint density at radius 2 is 1.73 bits per heavy atom. The zero-order chi connectivity index (χ0) is 23.5. The number of nitrogens with one attached hydrogen (secondary N) is 2. The Bertz CT molecular complexity index is 1300. The van der Waals surface area contributed by atoms with Gasteiger partial charge in [-0.2, -0.15) is 10.2 Å². The van der Waals surface area contributed by atoms with Crippen LogP contribution in [-0.4, -0.2) is 24.7 Å². The molecule has 2 heterocycles. The predicted molar refractivity (Wildman–Crippen MR) is 135 cm³/mol. The Kier molecular flexibility index (Phi) is 6.97. The van der Waals surface area contributed by atoms with Gasteiger partial charge in [-0.15, -0.1) is 0 Å². The van der Waals surface area contributed by atoms with E-state index in [1.807, 2.05) is 36.9 Å². The topological polar surface area (TPSA) is 59.7 Å². The third-order valence-corrected chi connectivity index (χ3v) is 6.03. The third-order valence-electron chi connectivity index (χ3n) is 5.09. The number of benzene rings is 2. The predicted octanol–water partition coefficient (Wildman–Crippen LogP) is 6.05. The molecule has 4 rings (SSSR count). The van der Waals surface area contributed by atoms with Gasteiger partial charge in [0, 0.05) is 6.20 Å². The number of rotatable bonds is 6. The fraction of sp³-hybridized carbons (Fsp3) is 0.174. The van der Waals surface area contributed by atoms with E-state index in [2.05, 4.69) is 20.8 Å². The summed E-state index contributed by atoms with van der Waals surface area (Å²) < 4.78 is 16.7. The number of thiocarbonyl (C=S) groups is 1. The van der Waals surface area contributed by atoms with Gasteiger partial charge in [0.05, 0.1) is 52.1 Å². The number of aryl methyl sites for hydroxylation is 1. The molecule has 6 nitrogen and oxygen atoms in total. The summed E-state index contributed by atoms with van der Waals surface area (Å²) in [5.74, 6) is -0.260. The summed E-state index contributed by atoms with van der Waals surface area (Å²) in [7, 11) is 0. The first-order valence-electron chi connectivity index (χ1n) is 10.1. The van der Waals surface area contributed by atoms with Crippen LogP contribution in [0, 0.1) is 19.7 Å². The number of anilines is 2. The molecule has 0 unspecified atom stereocenters. The standard InChI is InChI=1S/C23H21Cl2FN6S/c1-14-22(15(2)32(30-14)12-17-5-8-20(24)21(25)9-17)29-23(33)28-19-10-27-31(13-19)11-16-3-6-18(26)7-4-16/h3-10,13H,11-12H2,1-2H3,(H2,28,29,33). The molecule has 0 saturated heterocycles. The molecule has 170 valence electrons. The average Bonchev–Trinajstić information content (AvgIpc) is 3.31. The van der Waals surface area contributed by atoms with Crippen molar-refractivity contribution in [3.05, 3.63) is 93.2 Å². The summed E-state index contributed by atoms with van der Waals surface area (Å²) in [6.07, 6.45) is 3.52. The molecule has 4 aromatic rings. The van der Waals surface area contributed by atoms with Gasteiger partial charge in [0.1, 0.15) is 5.82 Å². The summed E-state index contributed by atoms with van der Waals surface area (Å²) in [6.45, 7) is 4.98. The van der Waals surface area contributed by atoms with E-state index in [9.17, 15) is 4.39 Å². The maximum Gasteiger partial charge on any atom is 0.175 e. The SMILES string of the molecule is Cc1nn(Cc2ccc(Cl)c(Cl)c2)c(C)c1NC(=S)Nc1cnn(Cc2ccc(F)cc2)c1. The van der Waals surface area contributed by atoms with E-state index < -0.39 is 0 Å². The van der Waals surface area contributed by atoms with Crippen LogP contribution in [0.5, 0.6) is 0 Å². The van der Waals surface area contributed by atoms with Crippen molar-refractivity contribution in [1.29, 1.82) is 0 Å². The van der Waals surface area contributed by atoms with Gasteiger partial charge in [0.25, 0.3) is 0 Å². The number of halogens is 3. The molecule has 0 aliphatic rings. The van der Waals surface area contributed by atoms with Gasteiger partial charge in [-0.05, 0) is 61.5 Å². The molecule has 0 spiro atoms. The quantitative estimate of drug-likeness (QED) is 0.314. The minimum Gasteiger partial charge on any atom is -0.330 e. The molecule has 0 saturated carbocycles. The van der Waals surface area contributed by atoms with E-state index in [-0.39, 0.29) is 5.82 Å². The molecule has 0 fully saturated rings. The van der Waals surface area contributed by atoms with Crippen molar-refractivity contribution in [2.45, 2.75) is 26.9 Å². The molecule has 2 aromatic carbocycles. The van der Waals surface area contributed by atoms with Gasteiger partial charge >= 0.3 is 0 Å². The Balaban J connectivity index is 1.40. The van der Waals surface area contributed by atoms with Crippen LogP contribution in [0.2, 0.25) is 10.0 Å². The molecule has 10 heteroatoms. The third kappa shape index (κ3) is 5.71. The molecular formula is C23H21Cl2FN6S. The highest BCUT2D eigenvalue weighted by molar-refractivity contribution is 7.80. The normalized spacial score (nSPS) is 10.9. The van der Waals surface area contributed by atoms with Crippen LogP contribution in [-0.2, 0) is 13.1 Å². The van der Waals surface area contributed by atoms with E-state index in [1.165, 1.54) is 12.1 Å². The highest BCUT2D eigenvalue weighted by atomic mass is 35.5. The van der Waals surface area contributed by atoms with Gasteiger partial charge in [0.15, 0.2) is 5.11 Å². The molecular weight excluding hydrogens is 482 g/mol. The zero-order valence-electron chi connectivity index (χ0n) is 17.9. The van der Waals surface area contributed by atoms with Gasteiger partial charge in [-0.3, -0.25) is 9.36 Å². The van der Waals surface area contributed by atoms with Gasteiger partial charge in [-0.1, -0.05) is 41.4 Å². The van der Waals surface area contributed by atoms with Crippen LogP contribution >= 0.6 is 35.4 Å². The lowest BCUT2D eigenvalue weighted by atomic mass is 10.2. The van der Waals surface area contributed by atoms with Crippen LogP contribution in [0.15, 0.2) is 54.9 Å². The Labute approximate surface area is 206 Å². The molecule has 0 bridgehead atoms. The van der Waals surface area contributed by atoms with Crippen molar-refractivity contribution in [1.82, 2.24) is 19.6 Å². The van der Waals surface area contributed by atoms with E-state index in [4.69, 9.17) is 35.4 Å². The summed E-state index contributed by atoms with van der Waals surface area (Å²) >= 11 is 17.6. The van der Waals surface area contributed by atoms with Crippen molar-refractivity contribution in [3.63, 3.8) is 0 Å². The van der Waals surface area contributed by atoms with Gasteiger partial charge < -0.3 is 10.6 Å². The lowest BCUT2D eigenvalue weighted by molar-refractivity contribution is 0.624. The summed E-state index contributed by atoms with van der Waals surface area (Å²) in [5, 5.41) is 16.8. The van der Waals surface area contributed by atoms with Crippen molar-refractivity contribution in [2.24, 2.45) is 0 Å². The Morgan fingerprint density at radius 3 is 2.45 bits per heavy atom. The van der Waals surface area contributed by atoms with Crippen molar-refractivity contribution in [2.75, 3.05) is 10.6 Å². The highest BCUT2D eigenvalue weighted by Crippen LogP contribution is 2.25. The van der Waals surface area contributed by atoms with E-state index in [0.717, 1.165) is 33.9 Å². The largest absolute Gasteiger partial charge is 0.330 e. The average molecular weight is 503 g/mol. The van der Waals surface area contributed by atoms with Gasteiger partial charge in [-0.25, -0.2) is 4.39 Å². The highest BCUT2D eigenvalue weighted by Gasteiger charge is 2.14. The summed E-state index contributed by atoms with van der Waals surface area (Å²) in [4.78, 5) is 0. The summed E-state index contributed by atoms with van der Waals surface area (Å²) in [5.41, 5.74) is 5.29. The second kappa shape index (κ2) is 9.91. The first kappa shape index (κ1) is 23.2. The molecule has 0 radical (unpaired) electrons. The number of hydrogen-bond acceptors (Lipinski definition) is 3. The van der Waals surface area contributed by atoms with Crippen LogP contribution in [0.4, 0.5) is 15.8 Å². The monoisotopic (exact) mass is 502 g/mol. The molecule has 2 N–H and O–H groups in total. The molecule has 2 aromatic heterocycles. The maximum atomic E-state index is 13.1. The number of aromatic nitrogens is 4. The fourth-order valence-electron chi connectivity index (χ4n) is 3.41. The van der Waals surface area contributed by atoms with Crippen molar-refractivity contribution in [3.8, 4) is 0 Å². The molecule has 0 amide bonds. The second-order valence-corrected chi connectivity index (χ2v) is 8.81. The molecule has 0 atom stereocenters. The lowest BCUT2D eigenvalue weighted by Gasteiger charge is -2.10. The number of nitrogens with zero attached hydrogens (tertiary/aromatic N) is 4. The number of hydrogen-bond donors (Lipinski definition) is 2. The minimum absolute atomic E-state index is 0.260. The molecule has 0 aliphatic heterocycles. The van der Waals surface area contributed by atoms with Crippen LogP contribution in [0.3, 0.4) is 0 Å². The Morgan fingerprint density at radius 1 is 1.00 bits per heavy atom. The van der Waals surface area contributed by atoms with E-state index in [0.29, 0.717) is 28.2 Å². The molecule has 0 aliphatic carbocycles. The zero-order valence-corrected chi connectivity index (χ0v) is 20.3. The van der Waals surface area contributed by atoms with Crippen molar-refractivity contribution >= 4 is 51.9 Å². The summed E-state index contributed by atoms with van der Waals surface area (Å²) in [6, 6.07) is 11.9. The van der Waals surface area contributed by atoms with Gasteiger partial charge in [0.2, 0.25) is 0 Å². The Hall–Kier alpha value is -2.94. The van der Waals surface area contributed by atoms with Crippen LogP contribution < -0.4 is 10.6 Å². The first-order chi connectivity index (χ1) is 15.8. The smallest absolute Gasteiger partial charge is 0.175 e. The minimum atomic E-state index is -0.260. The van der Waals surface area contributed by atoms with E-state index in [1.54, 1.807) is 29.1 Å². The van der Waals surface area contributed by atoms with E-state index >= 15 is 0 Å². The lowest BCUT2D eigenvalue weighted by Crippen LogP contribution is -2.19. The maximum absolute atomic E-state index is 13.1. The van der Waals surface area contributed by atoms with Crippen LogP contribution in [0.25, 0.3) is 0 Å².